The number of methoxy groups -OCH3 is 4. The number of ether oxygens (including phenoxy) is 4. The number of azo groups is 1. The zero-order valence-corrected chi connectivity index (χ0v) is 19.0. The first-order valence-corrected chi connectivity index (χ1v) is 9.56. The molecule has 1 atom stereocenters. The Morgan fingerprint density at radius 3 is 2.06 bits per heavy atom. The van der Waals surface area contributed by atoms with E-state index < -0.39 is 17.7 Å². The molecule has 1 N–H and O–H groups in total. The quantitative estimate of drug-likeness (QED) is 0.420. The van der Waals surface area contributed by atoms with E-state index in [2.05, 4.69) is 15.5 Å². The zero-order valence-electron chi connectivity index (χ0n) is 17.5. The lowest BCUT2D eigenvalue weighted by atomic mass is 10.2. The van der Waals surface area contributed by atoms with Gasteiger partial charge in [0, 0.05) is 23.2 Å². The van der Waals surface area contributed by atoms with Gasteiger partial charge in [0.25, 0.3) is 5.91 Å². The molecule has 0 saturated heterocycles. The van der Waals surface area contributed by atoms with Crippen molar-refractivity contribution in [3.8, 4) is 23.0 Å². The highest BCUT2D eigenvalue weighted by molar-refractivity contribution is 6.33. The SMILES string of the molecule is COc1cc(Cl)c(N=NC(C(C)=O)C(=O)Nc2cc(Cl)cc(OC)c2OC)cc1OC. The molecule has 0 radical (unpaired) electrons. The van der Waals surface area contributed by atoms with Crippen molar-refractivity contribution >= 4 is 46.3 Å². The van der Waals surface area contributed by atoms with Gasteiger partial charge in [0.05, 0.1) is 39.1 Å². The fourth-order valence-corrected chi connectivity index (χ4v) is 2.98. The first kappa shape index (κ1) is 24.2. The minimum Gasteiger partial charge on any atom is -0.493 e. The molecule has 2 aromatic rings. The Labute approximate surface area is 189 Å². The van der Waals surface area contributed by atoms with Crippen molar-refractivity contribution in [1.29, 1.82) is 0 Å². The molecule has 0 aliphatic heterocycles. The molecule has 1 unspecified atom stereocenters. The van der Waals surface area contributed by atoms with Crippen LogP contribution in [-0.4, -0.2) is 46.2 Å². The number of nitrogens with one attached hydrogen (secondary N) is 1. The van der Waals surface area contributed by atoms with Gasteiger partial charge in [0.15, 0.2) is 28.8 Å². The molecule has 0 heterocycles. The molecule has 0 aliphatic rings. The van der Waals surface area contributed by atoms with E-state index in [1.165, 1.54) is 59.6 Å². The van der Waals surface area contributed by atoms with Gasteiger partial charge in [-0.05, 0) is 13.0 Å². The molecule has 0 spiro atoms. The lowest BCUT2D eigenvalue weighted by molar-refractivity contribution is -0.126. The molecule has 31 heavy (non-hydrogen) atoms. The van der Waals surface area contributed by atoms with E-state index in [0.29, 0.717) is 22.3 Å². The van der Waals surface area contributed by atoms with Crippen LogP contribution < -0.4 is 24.3 Å². The van der Waals surface area contributed by atoms with E-state index in [4.69, 9.17) is 42.1 Å². The lowest BCUT2D eigenvalue weighted by Crippen LogP contribution is -2.32. The molecular formula is C20H21Cl2N3O6. The second-order valence-electron chi connectivity index (χ2n) is 6.07. The first-order chi connectivity index (χ1) is 14.7. The monoisotopic (exact) mass is 469 g/mol. The smallest absolute Gasteiger partial charge is 0.258 e. The van der Waals surface area contributed by atoms with Crippen LogP contribution in [0.2, 0.25) is 10.0 Å². The van der Waals surface area contributed by atoms with Crippen LogP contribution in [0.15, 0.2) is 34.5 Å². The Kier molecular flexibility index (Phi) is 8.47. The minimum absolute atomic E-state index is 0.195. The summed E-state index contributed by atoms with van der Waals surface area (Å²) in [5.41, 5.74) is 0.405. The summed E-state index contributed by atoms with van der Waals surface area (Å²) in [5, 5.41) is 10.9. The van der Waals surface area contributed by atoms with Crippen molar-refractivity contribution in [2.24, 2.45) is 10.2 Å². The molecular weight excluding hydrogens is 449 g/mol. The van der Waals surface area contributed by atoms with Crippen LogP contribution in [-0.2, 0) is 9.59 Å². The highest BCUT2D eigenvalue weighted by atomic mass is 35.5. The molecule has 0 saturated carbocycles. The number of rotatable bonds is 9. The Morgan fingerprint density at radius 2 is 1.52 bits per heavy atom. The van der Waals surface area contributed by atoms with Crippen LogP contribution in [0.3, 0.4) is 0 Å². The summed E-state index contributed by atoms with van der Waals surface area (Å²) >= 11 is 12.2. The van der Waals surface area contributed by atoms with Gasteiger partial charge in [0.1, 0.15) is 5.69 Å². The van der Waals surface area contributed by atoms with Crippen LogP contribution in [0, 0.1) is 0 Å². The average molecular weight is 470 g/mol. The summed E-state index contributed by atoms with van der Waals surface area (Å²) in [6.45, 7) is 1.22. The number of anilines is 1. The standard InChI is InChI=1S/C20H21Cl2N3O6/c1-10(26)18(25-24-13-9-16(29-3)15(28-2)8-12(13)22)20(27)23-14-6-11(21)7-17(30-4)19(14)31-5/h6-9,18H,1-5H3,(H,23,27). The predicted molar refractivity (Wildman–Crippen MR) is 117 cm³/mol. The van der Waals surface area contributed by atoms with Crippen molar-refractivity contribution < 1.29 is 28.5 Å². The van der Waals surface area contributed by atoms with Crippen molar-refractivity contribution in [2.45, 2.75) is 13.0 Å². The summed E-state index contributed by atoms with van der Waals surface area (Å²) in [6, 6.07) is 4.50. The number of carbonyl (C=O) groups excluding carboxylic acids is 2. The van der Waals surface area contributed by atoms with Gasteiger partial charge in [-0.2, -0.15) is 10.2 Å². The number of benzene rings is 2. The summed E-state index contributed by atoms with van der Waals surface area (Å²) in [5.74, 6) is 0.0295. The maximum Gasteiger partial charge on any atom is 0.258 e. The Hall–Kier alpha value is -3.04. The summed E-state index contributed by atoms with van der Waals surface area (Å²) in [4.78, 5) is 24.8. The Morgan fingerprint density at radius 1 is 0.903 bits per heavy atom. The van der Waals surface area contributed by atoms with Crippen LogP contribution in [0.25, 0.3) is 0 Å². The number of ketones is 1. The number of carbonyl (C=O) groups is 2. The predicted octanol–water partition coefficient (Wildman–Crippen LogP) is 4.71. The fourth-order valence-electron chi connectivity index (χ4n) is 2.58. The molecule has 2 rings (SSSR count). The van der Waals surface area contributed by atoms with Gasteiger partial charge in [-0.25, -0.2) is 0 Å². The molecule has 11 heteroatoms. The average Bonchev–Trinajstić information content (AvgIpc) is 2.73. The number of amides is 1. The molecule has 0 bridgehead atoms. The number of halogens is 2. The second kappa shape index (κ2) is 10.8. The number of hydrogen-bond acceptors (Lipinski definition) is 8. The molecule has 0 aliphatic carbocycles. The summed E-state index contributed by atoms with van der Waals surface area (Å²) in [7, 11) is 5.75. The third-order valence-electron chi connectivity index (χ3n) is 4.07. The minimum atomic E-state index is -1.45. The molecule has 9 nitrogen and oxygen atoms in total. The molecule has 166 valence electrons. The maximum absolute atomic E-state index is 12.8. The zero-order chi connectivity index (χ0) is 23.1. The van der Waals surface area contributed by atoms with E-state index in [9.17, 15) is 9.59 Å². The number of nitrogens with zero attached hydrogens (tertiary/aromatic N) is 2. The molecule has 0 aromatic heterocycles. The van der Waals surface area contributed by atoms with E-state index in [-0.39, 0.29) is 22.1 Å². The van der Waals surface area contributed by atoms with Gasteiger partial charge >= 0.3 is 0 Å². The summed E-state index contributed by atoms with van der Waals surface area (Å²) < 4.78 is 20.8. The number of hydrogen-bond donors (Lipinski definition) is 1. The van der Waals surface area contributed by atoms with Gasteiger partial charge in [-0.3, -0.25) is 9.59 Å². The Balaban J connectivity index is 2.35. The molecule has 2 aromatic carbocycles. The van der Waals surface area contributed by atoms with Crippen molar-refractivity contribution in [3.63, 3.8) is 0 Å². The fraction of sp³-hybridized carbons (Fsp3) is 0.300. The van der Waals surface area contributed by atoms with Gasteiger partial charge in [-0.1, -0.05) is 23.2 Å². The summed E-state index contributed by atoms with van der Waals surface area (Å²) in [6.07, 6.45) is 0. The third-order valence-corrected chi connectivity index (χ3v) is 4.59. The normalized spacial score (nSPS) is 11.7. The van der Waals surface area contributed by atoms with Crippen LogP contribution in [0.4, 0.5) is 11.4 Å². The van der Waals surface area contributed by atoms with Gasteiger partial charge < -0.3 is 24.3 Å². The van der Waals surface area contributed by atoms with Crippen LogP contribution in [0.5, 0.6) is 23.0 Å². The number of Topliss-reactive ketones (excluding diaryl/α,β-unsaturated/α-hetero) is 1. The van der Waals surface area contributed by atoms with Crippen molar-refractivity contribution in [2.75, 3.05) is 33.8 Å². The largest absolute Gasteiger partial charge is 0.493 e. The topological polar surface area (TPSA) is 108 Å². The van der Waals surface area contributed by atoms with Gasteiger partial charge in [0.2, 0.25) is 6.04 Å². The van der Waals surface area contributed by atoms with E-state index in [1.807, 2.05) is 0 Å². The molecule has 0 fully saturated rings. The third kappa shape index (κ3) is 5.77. The van der Waals surface area contributed by atoms with Crippen LogP contribution in [0.1, 0.15) is 6.92 Å². The highest BCUT2D eigenvalue weighted by Crippen LogP contribution is 2.39. The van der Waals surface area contributed by atoms with Crippen molar-refractivity contribution in [3.05, 3.63) is 34.3 Å². The highest BCUT2D eigenvalue weighted by Gasteiger charge is 2.25. The van der Waals surface area contributed by atoms with E-state index in [1.54, 1.807) is 0 Å². The lowest BCUT2D eigenvalue weighted by Gasteiger charge is -2.15. The second-order valence-corrected chi connectivity index (χ2v) is 6.91. The van der Waals surface area contributed by atoms with Crippen molar-refractivity contribution in [1.82, 2.24) is 0 Å². The molecule has 1 amide bonds. The maximum atomic E-state index is 12.8. The van der Waals surface area contributed by atoms with E-state index >= 15 is 0 Å². The van der Waals surface area contributed by atoms with Crippen LogP contribution >= 0.6 is 23.2 Å². The first-order valence-electron chi connectivity index (χ1n) is 8.80. The van der Waals surface area contributed by atoms with E-state index in [0.717, 1.165) is 0 Å². The van der Waals surface area contributed by atoms with Gasteiger partial charge in [-0.15, -0.1) is 0 Å². The Bertz CT molecular complexity index is 1010.